The molecule has 106 valence electrons. The van der Waals surface area contributed by atoms with Gasteiger partial charge in [0.2, 0.25) is 0 Å². The third kappa shape index (κ3) is 3.43. The highest BCUT2D eigenvalue weighted by atomic mass is 79.9. The Balaban J connectivity index is 2.19. The van der Waals surface area contributed by atoms with Crippen LogP contribution >= 0.6 is 15.9 Å². The van der Waals surface area contributed by atoms with E-state index in [1.807, 2.05) is 0 Å². The number of hydrogen-bond donors (Lipinski definition) is 1. The molecule has 2 heterocycles. The van der Waals surface area contributed by atoms with Crippen molar-refractivity contribution in [3.8, 4) is 0 Å². The van der Waals surface area contributed by atoms with Crippen LogP contribution < -0.4 is 5.73 Å². The molecule has 6 heteroatoms. The van der Waals surface area contributed by atoms with Crippen LogP contribution in [0.2, 0.25) is 0 Å². The average molecular weight is 329 g/mol. The van der Waals surface area contributed by atoms with Gasteiger partial charge in [-0.25, -0.2) is 9.97 Å². The van der Waals surface area contributed by atoms with Gasteiger partial charge in [0.15, 0.2) is 5.82 Å². The largest absolute Gasteiger partial charge is 0.383 e. The molecule has 0 aromatic carbocycles. The summed E-state index contributed by atoms with van der Waals surface area (Å²) in [6.07, 6.45) is 1.91. The van der Waals surface area contributed by atoms with Crippen molar-refractivity contribution in [1.82, 2.24) is 14.9 Å². The highest BCUT2D eigenvalue weighted by molar-refractivity contribution is 9.10. The first-order valence-corrected chi connectivity index (χ1v) is 7.60. The normalized spacial score (nSPS) is 20.7. The fourth-order valence-corrected chi connectivity index (χ4v) is 2.75. The van der Waals surface area contributed by atoms with Gasteiger partial charge in [0.25, 0.3) is 0 Å². The number of nitrogens with two attached hydrogens (primary N) is 1. The van der Waals surface area contributed by atoms with E-state index in [-0.39, 0.29) is 6.10 Å². The Hall–Kier alpha value is -0.720. The topological polar surface area (TPSA) is 64.3 Å². The maximum absolute atomic E-state index is 5.93. The van der Waals surface area contributed by atoms with Gasteiger partial charge < -0.3 is 10.5 Å². The number of nitrogen functional groups attached to an aromatic ring is 1. The molecule has 1 unspecified atom stereocenters. The number of aryl methyl sites for hydroxylation is 1. The summed E-state index contributed by atoms with van der Waals surface area (Å²) in [4.78, 5) is 11.3. The van der Waals surface area contributed by atoms with Crippen LogP contribution in [0.25, 0.3) is 0 Å². The molecule has 0 aliphatic carbocycles. The van der Waals surface area contributed by atoms with Crippen molar-refractivity contribution in [1.29, 1.82) is 0 Å². The average Bonchev–Trinajstić information content (AvgIpc) is 2.42. The molecule has 0 bridgehead atoms. The summed E-state index contributed by atoms with van der Waals surface area (Å²) < 4.78 is 6.60. The third-order valence-corrected chi connectivity index (χ3v) is 4.14. The molecule has 1 aliphatic rings. The molecule has 0 saturated carbocycles. The first kappa shape index (κ1) is 14.7. The maximum atomic E-state index is 5.93. The minimum atomic E-state index is -0.0685. The second-order valence-electron chi connectivity index (χ2n) is 4.74. The lowest BCUT2D eigenvalue weighted by Gasteiger charge is -2.32. The van der Waals surface area contributed by atoms with E-state index in [4.69, 9.17) is 10.5 Å². The van der Waals surface area contributed by atoms with E-state index in [0.29, 0.717) is 11.6 Å². The van der Waals surface area contributed by atoms with Crippen molar-refractivity contribution >= 4 is 21.7 Å². The molecule has 1 atom stereocenters. The van der Waals surface area contributed by atoms with Crippen LogP contribution in [0.3, 0.4) is 0 Å². The smallest absolute Gasteiger partial charge is 0.161 e. The molecular formula is C13H21BrN4O. The van der Waals surface area contributed by atoms with Crippen molar-refractivity contribution in [2.75, 3.05) is 32.0 Å². The monoisotopic (exact) mass is 328 g/mol. The Morgan fingerprint density at radius 3 is 2.89 bits per heavy atom. The van der Waals surface area contributed by atoms with Gasteiger partial charge in [-0.05, 0) is 35.3 Å². The first-order chi connectivity index (χ1) is 9.15. The van der Waals surface area contributed by atoms with Gasteiger partial charge in [0.1, 0.15) is 11.9 Å². The van der Waals surface area contributed by atoms with Crippen molar-refractivity contribution in [3.63, 3.8) is 0 Å². The highest BCUT2D eigenvalue weighted by Gasteiger charge is 2.25. The second-order valence-corrected chi connectivity index (χ2v) is 5.53. The fraction of sp³-hybridized carbons (Fsp3) is 0.692. The lowest BCUT2D eigenvalue weighted by molar-refractivity contribution is -0.0342. The first-order valence-electron chi connectivity index (χ1n) is 6.81. The lowest BCUT2D eigenvalue weighted by atomic mass is 10.2. The van der Waals surface area contributed by atoms with Gasteiger partial charge in [-0.1, -0.05) is 13.8 Å². The summed E-state index contributed by atoms with van der Waals surface area (Å²) in [6.45, 7) is 7.89. The van der Waals surface area contributed by atoms with Crippen LogP contribution in [0.4, 0.5) is 5.82 Å². The zero-order chi connectivity index (χ0) is 13.8. The molecule has 2 rings (SSSR count). The minimum absolute atomic E-state index is 0.0685. The van der Waals surface area contributed by atoms with Gasteiger partial charge >= 0.3 is 0 Å². The van der Waals surface area contributed by atoms with Crippen LogP contribution in [0.15, 0.2) is 4.47 Å². The van der Waals surface area contributed by atoms with E-state index in [2.05, 4.69) is 44.6 Å². The maximum Gasteiger partial charge on any atom is 0.161 e. The SMILES string of the molecule is CCCN1CCOC(c2nc(N)c(Br)c(CC)n2)C1. The van der Waals surface area contributed by atoms with Crippen molar-refractivity contribution in [3.05, 3.63) is 16.0 Å². The standard InChI is InChI=1S/C13H21BrN4O/c1-3-5-18-6-7-19-10(8-18)13-16-9(4-2)11(14)12(15)17-13/h10H,3-8H2,1-2H3,(H2,15,16,17). The Morgan fingerprint density at radius 1 is 1.42 bits per heavy atom. The minimum Gasteiger partial charge on any atom is -0.383 e. The zero-order valence-electron chi connectivity index (χ0n) is 11.5. The zero-order valence-corrected chi connectivity index (χ0v) is 13.1. The van der Waals surface area contributed by atoms with Crippen LogP contribution in [-0.4, -0.2) is 41.1 Å². The number of hydrogen-bond acceptors (Lipinski definition) is 5. The Labute approximate surface area is 122 Å². The number of ether oxygens (including phenoxy) is 1. The molecule has 5 nitrogen and oxygen atoms in total. The molecule has 1 aromatic rings. The molecule has 1 fully saturated rings. The van der Waals surface area contributed by atoms with E-state index in [0.717, 1.165) is 49.2 Å². The molecule has 1 saturated heterocycles. The lowest BCUT2D eigenvalue weighted by Crippen LogP contribution is -2.39. The van der Waals surface area contributed by atoms with E-state index < -0.39 is 0 Å². The van der Waals surface area contributed by atoms with Gasteiger partial charge in [0, 0.05) is 13.1 Å². The Bertz CT molecular complexity index is 439. The molecular weight excluding hydrogens is 308 g/mol. The van der Waals surface area contributed by atoms with E-state index in [1.54, 1.807) is 0 Å². The van der Waals surface area contributed by atoms with E-state index in [1.165, 1.54) is 0 Å². The van der Waals surface area contributed by atoms with Gasteiger partial charge in [-0.2, -0.15) is 0 Å². The summed E-state index contributed by atoms with van der Waals surface area (Å²) in [6, 6.07) is 0. The Morgan fingerprint density at radius 2 is 2.21 bits per heavy atom. The Kier molecular flexibility index (Phi) is 5.13. The van der Waals surface area contributed by atoms with Crippen molar-refractivity contribution in [2.24, 2.45) is 0 Å². The summed E-state index contributed by atoms with van der Waals surface area (Å²) >= 11 is 3.43. The van der Waals surface area contributed by atoms with Gasteiger partial charge in [0.05, 0.1) is 16.8 Å². The second kappa shape index (κ2) is 6.63. The summed E-state index contributed by atoms with van der Waals surface area (Å²) in [5, 5.41) is 0. The molecule has 0 spiro atoms. The number of aromatic nitrogens is 2. The van der Waals surface area contributed by atoms with Crippen molar-refractivity contribution < 1.29 is 4.74 Å². The molecule has 2 N–H and O–H groups in total. The van der Waals surface area contributed by atoms with Crippen LogP contribution in [-0.2, 0) is 11.2 Å². The fourth-order valence-electron chi connectivity index (χ4n) is 2.29. The highest BCUT2D eigenvalue weighted by Crippen LogP contribution is 2.26. The summed E-state index contributed by atoms with van der Waals surface area (Å²) in [5.41, 5.74) is 6.87. The third-order valence-electron chi connectivity index (χ3n) is 3.28. The van der Waals surface area contributed by atoms with Crippen LogP contribution in [0, 0.1) is 0 Å². The predicted molar refractivity (Wildman–Crippen MR) is 78.9 cm³/mol. The number of anilines is 1. The number of halogens is 1. The molecule has 1 aromatic heterocycles. The van der Waals surface area contributed by atoms with Crippen molar-refractivity contribution in [2.45, 2.75) is 32.8 Å². The quantitative estimate of drug-likeness (QED) is 0.917. The number of rotatable bonds is 4. The summed E-state index contributed by atoms with van der Waals surface area (Å²) in [7, 11) is 0. The van der Waals surface area contributed by atoms with Gasteiger partial charge in [-0.3, -0.25) is 4.90 Å². The van der Waals surface area contributed by atoms with E-state index >= 15 is 0 Å². The molecule has 0 amide bonds. The number of morpholine rings is 1. The number of nitrogens with zero attached hydrogens (tertiary/aromatic N) is 3. The van der Waals surface area contributed by atoms with Gasteiger partial charge in [-0.15, -0.1) is 0 Å². The molecule has 19 heavy (non-hydrogen) atoms. The predicted octanol–water partition coefficient (Wildman–Crippen LogP) is 2.17. The van der Waals surface area contributed by atoms with E-state index in [9.17, 15) is 0 Å². The molecule has 1 aliphatic heterocycles. The summed E-state index contributed by atoms with van der Waals surface area (Å²) in [5.74, 6) is 1.21. The molecule has 0 radical (unpaired) electrons. The van der Waals surface area contributed by atoms with Crippen LogP contribution in [0.1, 0.15) is 37.9 Å². The van der Waals surface area contributed by atoms with Crippen LogP contribution in [0.5, 0.6) is 0 Å².